The number of carbonyl (C=O) groups is 1. The SMILES string of the molecule is [2H]C1([2H])C2(O)C([2H])([2H])[C@@]3([2H])C([2H])([2H])C1(NCC(=O)N1CCC[C@H]1C#N)C([2H])([2H])[C@@]([2H])(C2([2H])[2H])C3([2H])[2H]. The third-order valence-corrected chi connectivity index (χ3v) is 4.08. The Hall–Kier alpha value is -1.12. The summed E-state index contributed by atoms with van der Waals surface area (Å²) >= 11 is 0. The number of hydrogen-bond acceptors (Lipinski definition) is 4. The largest absolute Gasteiger partial charge is 0.390 e. The first-order chi connectivity index (χ1) is 15.9. The Morgan fingerprint density at radius 1 is 1.45 bits per heavy atom. The van der Waals surface area contributed by atoms with Crippen LogP contribution in [0.4, 0.5) is 0 Å². The summed E-state index contributed by atoms with van der Waals surface area (Å²) in [5, 5.41) is 22.8. The fourth-order valence-corrected chi connectivity index (χ4v) is 3.15. The lowest BCUT2D eigenvalue weighted by Crippen LogP contribution is -2.65. The number of amides is 1. The van der Waals surface area contributed by atoms with Crippen LogP contribution in [0.2, 0.25) is 0 Å². The highest BCUT2D eigenvalue weighted by Gasteiger charge is 2.57. The van der Waals surface area contributed by atoms with Crippen LogP contribution in [-0.2, 0) is 4.79 Å². The van der Waals surface area contributed by atoms with Gasteiger partial charge in [-0.05, 0) is 62.9 Å². The number of carbonyl (C=O) groups excluding carboxylic acids is 1. The molecule has 1 aliphatic heterocycles. The number of aliphatic hydroxyl groups is 1. The van der Waals surface area contributed by atoms with Gasteiger partial charge < -0.3 is 15.3 Å². The van der Waals surface area contributed by atoms with Crippen LogP contribution in [0.15, 0.2) is 0 Å². The van der Waals surface area contributed by atoms with E-state index in [1.165, 1.54) is 0 Å². The molecule has 0 spiro atoms. The Morgan fingerprint density at radius 3 is 2.86 bits per heavy atom. The molecule has 5 aliphatic rings. The molecule has 120 valence electrons. The monoisotopic (exact) mass is 317 g/mol. The van der Waals surface area contributed by atoms with Crippen LogP contribution in [-0.4, -0.2) is 46.2 Å². The minimum absolute atomic E-state index is 0.112. The third kappa shape index (κ3) is 2.33. The molecule has 5 atom stereocenters. The average molecular weight is 317 g/mol. The second-order valence-electron chi connectivity index (χ2n) is 5.69. The van der Waals surface area contributed by atoms with Gasteiger partial charge in [-0.2, -0.15) is 5.26 Å². The van der Waals surface area contributed by atoms with Gasteiger partial charge in [-0.3, -0.25) is 4.79 Å². The van der Waals surface area contributed by atoms with Crippen LogP contribution >= 0.6 is 0 Å². The first-order valence-corrected chi connectivity index (χ1v) is 7.10. The van der Waals surface area contributed by atoms with E-state index in [4.69, 9.17) is 19.2 Å². The molecule has 2 N–H and O–H groups in total. The fourth-order valence-electron chi connectivity index (χ4n) is 3.15. The second-order valence-corrected chi connectivity index (χ2v) is 5.69. The molecule has 0 radical (unpaired) electrons. The van der Waals surface area contributed by atoms with Gasteiger partial charge in [0.05, 0.1) is 18.2 Å². The van der Waals surface area contributed by atoms with Crippen molar-refractivity contribution in [2.24, 2.45) is 11.8 Å². The molecule has 5 heteroatoms. The summed E-state index contributed by atoms with van der Waals surface area (Å²) in [6.45, 7) is -0.964. The molecule has 5 nitrogen and oxygen atoms in total. The summed E-state index contributed by atoms with van der Waals surface area (Å²) in [5.41, 5.74) is -7.77. The van der Waals surface area contributed by atoms with E-state index in [2.05, 4.69) is 5.32 Å². The van der Waals surface area contributed by atoms with E-state index in [1.807, 2.05) is 6.07 Å². The maximum atomic E-state index is 12.9. The van der Waals surface area contributed by atoms with Crippen molar-refractivity contribution in [3.05, 3.63) is 0 Å². The van der Waals surface area contributed by atoms with E-state index in [0.29, 0.717) is 12.8 Å². The number of likely N-dealkylation sites (tertiary alicyclic amines) is 1. The number of nitrogens with one attached hydrogen (secondary N) is 1. The fraction of sp³-hybridized carbons (Fsp3) is 0.882. The van der Waals surface area contributed by atoms with Crippen molar-refractivity contribution >= 4 is 5.91 Å². The smallest absolute Gasteiger partial charge is 0.237 e. The Bertz CT molecular complexity index is 958. The Labute approximate surface area is 151 Å². The Balaban J connectivity index is 2.02. The summed E-state index contributed by atoms with van der Waals surface area (Å²) in [6, 6.07) is 1.03. The van der Waals surface area contributed by atoms with Gasteiger partial charge in [0.15, 0.2) is 0 Å². The molecule has 4 saturated carbocycles. The summed E-state index contributed by atoms with van der Waals surface area (Å²) in [4.78, 5) is 14.0. The molecule has 4 bridgehead atoms. The summed E-state index contributed by atoms with van der Waals surface area (Å²) in [6.07, 6.45) is -23.1. The zero-order valence-electron chi connectivity index (χ0n) is 25.7. The van der Waals surface area contributed by atoms with E-state index >= 15 is 0 Å². The van der Waals surface area contributed by atoms with Crippen molar-refractivity contribution in [2.45, 2.75) is 68.3 Å². The van der Waals surface area contributed by atoms with Crippen molar-refractivity contribution < 1.29 is 29.1 Å². The normalized spacial score (nSPS) is 75.8. The predicted octanol–water partition coefficient (Wildman–Crippen LogP) is 1.17. The summed E-state index contributed by atoms with van der Waals surface area (Å²) in [7, 11) is 0. The molecule has 1 amide bonds. The number of hydrogen-bond donors (Lipinski definition) is 2. The second kappa shape index (κ2) is 4.94. The minimum atomic E-state index is -4.11. The molecule has 0 aromatic carbocycles. The van der Waals surface area contributed by atoms with Crippen LogP contribution in [0.3, 0.4) is 0 Å². The molecular weight excluding hydrogens is 278 g/mol. The Morgan fingerprint density at radius 2 is 2.18 bits per heavy atom. The van der Waals surface area contributed by atoms with Crippen molar-refractivity contribution in [1.29, 1.82) is 5.26 Å². The van der Waals surface area contributed by atoms with Gasteiger partial charge in [0.25, 0.3) is 0 Å². The molecule has 0 aromatic heterocycles. The maximum absolute atomic E-state index is 12.9. The molecule has 5 rings (SSSR count). The van der Waals surface area contributed by atoms with E-state index < -0.39 is 79.7 Å². The summed E-state index contributed by atoms with van der Waals surface area (Å²) < 4.78 is 120. The Kier molecular flexibility index (Phi) is 1.29. The molecule has 4 aliphatic carbocycles. The first kappa shape index (κ1) is 5.75. The van der Waals surface area contributed by atoms with Gasteiger partial charge in [0.1, 0.15) is 6.04 Å². The van der Waals surface area contributed by atoms with Gasteiger partial charge in [-0.1, -0.05) is 0 Å². The zero-order chi connectivity index (χ0) is 28.0. The van der Waals surface area contributed by atoms with Crippen molar-refractivity contribution in [2.75, 3.05) is 13.1 Å². The van der Waals surface area contributed by atoms with E-state index in [9.17, 15) is 15.2 Å². The third-order valence-electron chi connectivity index (χ3n) is 4.08. The first-order valence-electron chi connectivity index (χ1n) is 14.1. The van der Waals surface area contributed by atoms with E-state index in [-0.39, 0.29) is 6.54 Å². The van der Waals surface area contributed by atoms with Gasteiger partial charge >= 0.3 is 0 Å². The van der Waals surface area contributed by atoms with E-state index in [0.717, 1.165) is 4.90 Å². The van der Waals surface area contributed by atoms with Crippen LogP contribution in [0.5, 0.6) is 0 Å². The quantitative estimate of drug-likeness (QED) is 0.819. The number of nitriles is 1. The van der Waals surface area contributed by atoms with Crippen molar-refractivity contribution in [1.82, 2.24) is 10.2 Å². The van der Waals surface area contributed by atoms with Crippen molar-refractivity contribution in [3.8, 4) is 6.07 Å². The maximum Gasteiger partial charge on any atom is 0.237 e. The van der Waals surface area contributed by atoms with Gasteiger partial charge in [0, 0.05) is 31.3 Å². The average Bonchev–Trinajstić information content (AvgIpc) is 3.22. The highest BCUT2D eigenvalue weighted by Crippen LogP contribution is 2.57. The molecule has 22 heavy (non-hydrogen) atoms. The topological polar surface area (TPSA) is 76.4 Å². The summed E-state index contributed by atoms with van der Waals surface area (Å²) in [5.74, 6) is -8.76. The van der Waals surface area contributed by atoms with E-state index in [1.54, 1.807) is 0 Å². The lowest BCUT2D eigenvalue weighted by molar-refractivity contribution is -0.147. The minimum Gasteiger partial charge on any atom is -0.390 e. The molecular formula is C17H25N3O2. The van der Waals surface area contributed by atoms with Gasteiger partial charge in [0.2, 0.25) is 5.91 Å². The predicted molar refractivity (Wildman–Crippen MR) is 80.7 cm³/mol. The zero-order valence-corrected chi connectivity index (χ0v) is 11.7. The molecule has 0 aromatic rings. The number of rotatable bonds is 3. The van der Waals surface area contributed by atoms with Gasteiger partial charge in [-0.15, -0.1) is 0 Å². The molecule has 1 saturated heterocycles. The molecule has 1 heterocycles. The van der Waals surface area contributed by atoms with Crippen molar-refractivity contribution in [3.63, 3.8) is 0 Å². The van der Waals surface area contributed by atoms with Crippen LogP contribution in [0.1, 0.15) is 70.3 Å². The van der Waals surface area contributed by atoms with Crippen LogP contribution in [0.25, 0.3) is 0 Å². The standard InChI is InChI=1S/C17H25N3O2/c18-9-14-2-1-3-20(14)15(21)10-19-16-5-12-4-13(6-16)8-17(22,7-12)11-16/h12-14,19,22H,1-8,10-11H2/t12-,13+,14-,16?,17?/m0/s1/i4D2,5D2,6D2,7D2,8D2,11D2,12D,13D. The van der Waals surface area contributed by atoms with Crippen LogP contribution < -0.4 is 5.32 Å². The lowest BCUT2D eigenvalue weighted by Gasteiger charge is -2.60. The molecule has 2 unspecified atom stereocenters. The molecule has 5 fully saturated rings. The highest BCUT2D eigenvalue weighted by atomic mass is 16.3. The van der Waals surface area contributed by atoms with Crippen LogP contribution in [0, 0.1) is 23.1 Å². The number of nitrogens with zero attached hydrogens (tertiary/aromatic N) is 2. The lowest BCUT2D eigenvalue weighted by atomic mass is 9.51. The highest BCUT2D eigenvalue weighted by molar-refractivity contribution is 5.79. The van der Waals surface area contributed by atoms with Gasteiger partial charge in [-0.25, -0.2) is 0 Å².